The second-order valence-corrected chi connectivity index (χ2v) is 9.76. The van der Waals surface area contributed by atoms with Crippen molar-refractivity contribution in [3.63, 3.8) is 0 Å². The maximum Gasteiger partial charge on any atom is 0.167 e. The van der Waals surface area contributed by atoms with Crippen LogP contribution in [-0.4, -0.2) is 25.0 Å². The van der Waals surface area contributed by atoms with E-state index in [9.17, 15) is 5.11 Å². The van der Waals surface area contributed by atoms with Crippen LogP contribution in [0.1, 0.15) is 0 Å². The van der Waals surface area contributed by atoms with Gasteiger partial charge < -0.3 is 5.11 Å². The number of fused-ring (bicyclic) bond motifs is 1. The number of benzene rings is 5. The van der Waals surface area contributed by atoms with Gasteiger partial charge in [-0.1, -0.05) is 97.1 Å². The van der Waals surface area contributed by atoms with Gasteiger partial charge in [0, 0.05) is 28.4 Å². The molecular weight excluding hydrogens is 518 g/mol. The third-order valence-electron chi connectivity index (χ3n) is 7.06. The average molecular weight is 544 g/mol. The van der Waals surface area contributed by atoms with E-state index < -0.39 is 0 Å². The van der Waals surface area contributed by atoms with Crippen molar-refractivity contribution in [1.82, 2.24) is 19.9 Å². The van der Waals surface area contributed by atoms with E-state index in [0.717, 1.165) is 39.1 Å². The smallest absolute Gasteiger partial charge is 0.167 e. The standard InChI is InChI=1S/C36H25N5O/c42-32-21-7-6-19-30(32)36-39-34(26-13-2-1-3-14-26)38-35(40-36)27-16-10-17-28(24-27)41(33-22-8-9-23-37-33)31-20-11-15-25-12-4-5-18-29(25)31/h1-24,42H. The first kappa shape index (κ1) is 25.1. The van der Waals surface area contributed by atoms with E-state index in [0.29, 0.717) is 23.0 Å². The molecule has 42 heavy (non-hydrogen) atoms. The summed E-state index contributed by atoms with van der Waals surface area (Å²) in [7, 11) is 0. The molecule has 0 aliphatic rings. The SMILES string of the molecule is Oc1ccccc1-c1nc(-c2ccccc2)nc(-c2cccc(N(c3ccccn3)c3cccc4ccccc34)c2)n1. The number of para-hydroxylation sites is 1. The van der Waals surface area contributed by atoms with Crippen molar-refractivity contribution in [2.24, 2.45) is 0 Å². The molecule has 0 amide bonds. The Morgan fingerprint density at radius 1 is 0.524 bits per heavy atom. The van der Waals surface area contributed by atoms with E-state index in [2.05, 4.69) is 53.4 Å². The lowest BCUT2D eigenvalue weighted by Gasteiger charge is -2.26. The molecule has 2 aromatic heterocycles. The molecule has 7 aromatic rings. The van der Waals surface area contributed by atoms with Crippen LogP contribution in [0.25, 0.3) is 44.9 Å². The Bertz CT molecular complexity index is 2010. The lowest BCUT2D eigenvalue weighted by atomic mass is 10.1. The Kier molecular flexibility index (Phi) is 6.54. The number of phenolic OH excluding ortho intramolecular Hbond substituents is 1. The van der Waals surface area contributed by atoms with Gasteiger partial charge in [-0.05, 0) is 47.9 Å². The molecule has 0 radical (unpaired) electrons. The molecule has 0 unspecified atom stereocenters. The maximum atomic E-state index is 10.6. The third-order valence-corrected chi connectivity index (χ3v) is 7.06. The fourth-order valence-electron chi connectivity index (χ4n) is 5.07. The van der Waals surface area contributed by atoms with Crippen molar-refractivity contribution in [2.45, 2.75) is 0 Å². The molecule has 0 fully saturated rings. The van der Waals surface area contributed by atoms with Crippen LogP contribution in [0.3, 0.4) is 0 Å². The molecule has 7 rings (SSSR count). The fourth-order valence-corrected chi connectivity index (χ4v) is 5.07. The molecule has 0 saturated carbocycles. The Balaban J connectivity index is 1.42. The number of anilines is 3. The van der Waals surface area contributed by atoms with Crippen molar-refractivity contribution in [1.29, 1.82) is 0 Å². The van der Waals surface area contributed by atoms with Crippen LogP contribution >= 0.6 is 0 Å². The topological polar surface area (TPSA) is 75.0 Å². The summed E-state index contributed by atoms with van der Waals surface area (Å²) in [6.07, 6.45) is 1.80. The first-order valence-corrected chi connectivity index (χ1v) is 13.6. The Morgan fingerprint density at radius 2 is 1.19 bits per heavy atom. The fraction of sp³-hybridized carbons (Fsp3) is 0. The summed E-state index contributed by atoms with van der Waals surface area (Å²) in [6, 6.07) is 45.5. The summed E-state index contributed by atoms with van der Waals surface area (Å²) in [5.41, 5.74) is 4.14. The van der Waals surface area contributed by atoms with Gasteiger partial charge in [0.2, 0.25) is 0 Å². The Labute approximate surface area is 243 Å². The highest BCUT2D eigenvalue weighted by Crippen LogP contribution is 2.39. The van der Waals surface area contributed by atoms with Gasteiger partial charge in [-0.25, -0.2) is 19.9 Å². The van der Waals surface area contributed by atoms with Crippen LogP contribution in [0, 0.1) is 0 Å². The number of hydrogen-bond acceptors (Lipinski definition) is 6. The molecule has 200 valence electrons. The molecule has 0 atom stereocenters. The zero-order valence-electron chi connectivity index (χ0n) is 22.5. The zero-order chi connectivity index (χ0) is 28.3. The molecule has 1 N–H and O–H groups in total. The van der Waals surface area contributed by atoms with Gasteiger partial charge in [-0.2, -0.15) is 0 Å². The van der Waals surface area contributed by atoms with Crippen LogP contribution in [-0.2, 0) is 0 Å². The van der Waals surface area contributed by atoms with Crippen molar-refractivity contribution < 1.29 is 5.11 Å². The lowest BCUT2D eigenvalue weighted by Crippen LogP contribution is -2.12. The van der Waals surface area contributed by atoms with Crippen LogP contribution in [0.15, 0.2) is 146 Å². The van der Waals surface area contributed by atoms with E-state index in [1.165, 1.54) is 0 Å². The van der Waals surface area contributed by atoms with Crippen LogP contribution in [0.2, 0.25) is 0 Å². The first-order valence-electron chi connectivity index (χ1n) is 13.6. The van der Waals surface area contributed by atoms with Gasteiger partial charge in [0.15, 0.2) is 17.5 Å². The second-order valence-electron chi connectivity index (χ2n) is 9.76. The highest BCUT2D eigenvalue weighted by atomic mass is 16.3. The van der Waals surface area contributed by atoms with Gasteiger partial charge in [-0.15, -0.1) is 0 Å². The first-order chi connectivity index (χ1) is 20.7. The molecule has 6 nitrogen and oxygen atoms in total. The minimum absolute atomic E-state index is 0.111. The highest BCUT2D eigenvalue weighted by Gasteiger charge is 2.19. The number of nitrogens with zero attached hydrogens (tertiary/aromatic N) is 5. The second kappa shape index (κ2) is 10.9. The molecule has 0 spiro atoms. The van der Waals surface area contributed by atoms with Gasteiger partial charge in [-0.3, -0.25) is 4.90 Å². The third kappa shape index (κ3) is 4.82. The molecule has 0 aliphatic carbocycles. The number of aromatic nitrogens is 4. The van der Waals surface area contributed by atoms with E-state index >= 15 is 0 Å². The van der Waals surface area contributed by atoms with Crippen LogP contribution in [0.4, 0.5) is 17.2 Å². The summed E-state index contributed by atoms with van der Waals surface area (Å²) in [4.78, 5) is 21.3. The summed E-state index contributed by atoms with van der Waals surface area (Å²) < 4.78 is 0. The van der Waals surface area contributed by atoms with Gasteiger partial charge in [0.25, 0.3) is 0 Å². The largest absolute Gasteiger partial charge is 0.507 e. The molecule has 0 bridgehead atoms. The van der Waals surface area contributed by atoms with Crippen LogP contribution < -0.4 is 4.90 Å². The molecule has 0 saturated heterocycles. The highest BCUT2D eigenvalue weighted by molar-refractivity contribution is 5.98. The van der Waals surface area contributed by atoms with Crippen molar-refractivity contribution in [2.75, 3.05) is 4.90 Å². The molecule has 2 heterocycles. The van der Waals surface area contributed by atoms with E-state index in [4.69, 9.17) is 19.9 Å². The van der Waals surface area contributed by atoms with Crippen molar-refractivity contribution in [3.8, 4) is 39.9 Å². The predicted molar refractivity (Wildman–Crippen MR) is 168 cm³/mol. The van der Waals surface area contributed by atoms with E-state index in [-0.39, 0.29) is 5.75 Å². The molecule has 5 aromatic carbocycles. The van der Waals surface area contributed by atoms with Gasteiger partial charge in [0.1, 0.15) is 11.6 Å². The van der Waals surface area contributed by atoms with Crippen molar-refractivity contribution in [3.05, 3.63) is 146 Å². The maximum absolute atomic E-state index is 10.6. The summed E-state index contributed by atoms with van der Waals surface area (Å²) in [5.74, 6) is 2.34. The zero-order valence-corrected chi connectivity index (χ0v) is 22.5. The number of rotatable bonds is 6. The number of phenols is 1. The summed E-state index contributed by atoms with van der Waals surface area (Å²) in [6.45, 7) is 0. The Morgan fingerprint density at radius 3 is 2.02 bits per heavy atom. The minimum Gasteiger partial charge on any atom is -0.507 e. The van der Waals surface area contributed by atoms with E-state index in [1.54, 1.807) is 18.3 Å². The van der Waals surface area contributed by atoms with Crippen molar-refractivity contribution >= 4 is 28.0 Å². The minimum atomic E-state index is 0.111. The molecular formula is C36H25N5O. The average Bonchev–Trinajstić information content (AvgIpc) is 3.06. The number of pyridine rings is 1. The van der Waals surface area contributed by atoms with E-state index in [1.807, 2.05) is 78.9 Å². The normalized spacial score (nSPS) is 11.0. The Hall–Kier alpha value is -5.88. The summed E-state index contributed by atoms with van der Waals surface area (Å²) >= 11 is 0. The monoisotopic (exact) mass is 543 g/mol. The van der Waals surface area contributed by atoms with Gasteiger partial charge in [0.05, 0.1) is 11.3 Å². The van der Waals surface area contributed by atoms with Gasteiger partial charge >= 0.3 is 0 Å². The quantitative estimate of drug-likeness (QED) is 0.226. The number of hydrogen-bond donors (Lipinski definition) is 1. The summed E-state index contributed by atoms with van der Waals surface area (Å²) in [5, 5.41) is 12.9. The number of aromatic hydroxyl groups is 1. The predicted octanol–water partition coefficient (Wildman–Crippen LogP) is 8.60. The molecule has 0 aliphatic heterocycles. The lowest BCUT2D eigenvalue weighted by molar-refractivity contribution is 0.477. The van der Waals surface area contributed by atoms with Crippen LogP contribution in [0.5, 0.6) is 5.75 Å². The molecule has 6 heteroatoms.